The molecule has 0 bridgehead atoms. The summed E-state index contributed by atoms with van der Waals surface area (Å²) >= 11 is 3.46. The molecule has 1 aliphatic rings. The number of guanidine groups is 1. The van der Waals surface area contributed by atoms with Crippen LogP contribution in [0.15, 0.2) is 51.9 Å². The van der Waals surface area contributed by atoms with E-state index in [2.05, 4.69) is 48.6 Å². The zero-order chi connectivity index (χ0) is 19.9. The van der Waals surface area contributed by atoms with Crippen molar-refractivity contribution in [1.82, 2.24) is 10.6 Å². The summed E-state index contributed by atoms with van der Waals surface area (Å²) < 4.78 is 11.9. The van der Waals surface area contributed by atoms with Gasteiger partial charge in [-0.15, -0.1) is 24.0 Å². The smallest absolute Gasteiger partial charge is 0.191 e. The van der Waals surface area contributed by atoms with E-state index in [0.29, 0.717) is 6.04 Å². The normalized spacial score (nSPS) is 16.2. The summed E-state index contributed by atoms with van der Waals surface area (Å²) in [4.78, 5) is 6.70. The van der Waals surface area contributed by atoms with Crippen LogP contribution in [0.25, 0.3) is 0 Å². The van der Waals surface area contributed by atoms with Crippen molar-refractivity contribution >= 4 is 51.6 Å². The van der Waals surface area contributed by atoms with E-state index in [1.807, 2.05) is 30.3 Å². The number of hydrogen-bond acceptors (Lipinski definition) is 4. The molecule has 0 aromatic heterocycles. The maximum Gasteiger partial charge on any atom is 0.191 e. The van der Waals surface area contributed by atoms with Gasteiger partial charge in [-0.2, -0.15) is 0 Å². The summed E-state index contributed by atoms with van der Waals surface area (Å²) in [7, 11) is 5.15. The average Bonchev–Trinajstić information content (AvgIpc) is 3.20. The molecule has 3 rings (SSSR count). The molecular weight excluding hydrogens is 547 g/mol. The molecule has 0 amide bonds. The van der Waals surface area contributed by atoms with Gasteiger partial charge in [-0.05, 0) is 24.1 Å². The topological polar surface area (TPSA) is 58.1 Å². The molecule has 158 valence electrons. The molecule has 2 N–H and O–H groups in total. The van der Waals surface area contributed by atoms with Crippen molar-refractivity contribution in [2.75, 3.05) is 39.3 Å². The summed E-state index contributed by atoms with van der Waals surface area (Å²) in [5.41, 5.74) is 2.32. The Labute approximate surface area is 198 Å². The highest BCUT2D eigenvalue weighted by Gasteiger charge is 2.24. The minimum atomic E-state index is 0. The Morgan fingerprint density at radius 2 is 1.79 bits per heavy atom. The predicted octanol–water partition coefficient (Wildman–Crippen LogP) is 4.03. The highest BCUT2D eigenvalue weighted by atomic mass is 127. The molecule has 0 radical (unpaired) electrons. The van der Waals surface area contributed by atoms with Crippen molar-refractivity contribution < 1.29 is 9.47 Å². The number of anilines is 1. The minimum absolute atomic E-state index is 0. The van der Waals surface area contributed by atoms with Gasteiger partial charge in [-0.25, -0.2) is 0 Å². The molecule has 0 aliphatic carbocycles. The number of rotatable bonds is 6. The summed E-state index contributed by atoms with van der Waals surface area (Å²) in [6.45, 7) is 2.60. The van der Waals surface area contributed by atoms with Crippen LogP contribution in [0.4, 0.5) is 5.69 Å². The van der Waals surface area contributed by atoms with Gasteiger partial charge in [-0.1, -0.05) is 28.1 Å². The van der Waals surface area contributed by atoms with Crippen molar-refractivity contribution in [3.05, 3.63) is 52.5 Å². The Kier molecular flexibility index (Phi) is 9.35. The van der Waals surface area contributed by atoms with Crippen LogP contribution in [0.2, 0.25) is 0 Å². The summed E-state index contributed by atoms with van der Waals surface area (Å²) in [5.74, 6) is 2.42. The number of ether oxygens (including phenoxy) is 2. The molecule has 29 heavy (non-hydrogen) atoms. The van der Waals surface area contributed by atoms with E-state index in [-0.39, 0.29) is 24.0 Å². The summed E-state index contributed by atoms with van der Waals surface area (Å²) in [6, 6.07) is 14.6. The average molecular weight is 575 g/mol. The lowest BCUT2D eigenvalue weighted by Gasteiger charge is -2.21. The third-order valence-electron chi connectivity index (χ3n) is 4.83. The first-order chi connectivity index (χ1) is 13.6. The second-order valence-electron chi connectivity index (χ2n) is 6.70. The van der Waals surface area contributed by atoms with Crippen molar-refractivity contribution in [2.24, 2.45) is 4.99 Å². The zero-order valence-corrected chi connectivity index (χ0v) is 20.9. The molecule has 0 saturated carbocycles. The molecule has 1 fully saturated rings. The van der Waals surface area contributed by atoms with Crippen LogP contribution in [-0.4, -0.2) is 46.4 Å². The molecule has 1 aliphatic heterocycles. The second kappa shape index (κ2) is 11.5. The van der Waals surface area contributed by atoms with Crippen LogP contribution in [-0.2, 0) is 6.54 Å². The van der Waals surface area contributed by atoms with Gasteiger partial charge < -0.3 is 25.0 Å². The lowest BCUT2D eigenvalue weighted by atomic mass is 10.2. The van der Waals surface area contributed by atoms with E-state index in [4.69, 9.17) is 9.47 Å². The van der Waals surface area contributed by atoms with Crippen LogP contribution in [0.1, 0.15) is 12.0 Å². The van der Waals surface area contributed by atoms with Crippen molar-refractivity contribution in [1.29, 1.82) is 0 Å². The van der Waals surface area contributed by atoms with E-state index in [1.54, 1.807) is 21.3 Å². The molecule has 2 aromatic rings. The third-order valence-corrected chi connectivity index (χ3v) is 5.36. The van der Waals surface area contributed by atoms with E-state index in [9.17, 15) is 0 Å². The van der Waals surface area contributed by atoms with Gasteiger partial charge in [0.25, 0.3) is 0 Å². The number of nitrogens with one attached hydrogen (secondary N) is 2. The molecule has 1 atom stereocenters. The molecule has 6 nitrogen and oxygen atoms in total. The quantitative estimate of drug-likeness (QED) is 0.310. The van der Waals surface area contributed by atoms with Crippen LogP contribution >= 0.6 is 39.9 Å². The third kappa shape index (κ3) is 6.67. The number of nitrogens with zero attached hydrogens (tertiary/aromatic N) is 2. The fourth-order valence-electron chi connectivity index (χ4n) is 3.26. The monoisotopic (exact) mass is 574 g/mol. The van der Waals surface area contributed by atoms with Gasteiger partial charge >= 0.3 is 0 Å². The lowest BCUT2D eigenvalue weighted by Crippen LogP contribution is -2.44. The number of benzene rings is 2. The Balaban J connectivity index is 0.00000300. The predicted molar refractivity (Wildman–Crippen MR) is 133 cm³/mol. The largest absolute Gasteiger partial charge is 0.497 e. The van der Waals surface area contributed by atoms with E-state index in [1.165, 1.54) is 5.56 Å². The molecule has 8 heteroatoms. The van der Waals surface area contributed by atoms with E-state index < -0.39 is 0 Å². The van der Waals surface area contributed by atoms with Crippen LogP contribution < -0.4 is 25.0 Å². The lowest BCUT2D eigenvalue weighted by molar-refractivity contribution is 0.394. The molecule has 1 heterocycles. The Bertz CT molecular complexity index is 795. The van der Waals surface area contributed by atoms with E-state index >= 15 is 0 Å². The van der Waals surface area contributed by atoms with Gasteiger partial charge in [0.15, 0.2) is 5.96 Å². The maximum absolute atomic E-state index is 5.39. The SMILES string of the molecule is CN=C(NCc1ccc(Br)cc1)NC1CCN(c2cc(OC)cc(OC)c2)C1.I. The highest BCUT2D eigenvalue weighted by molar-refractivity contribution is 14.0. The van der Waals surface area contributed by atoms with Crippen LogP contribution in [0, 0.1) is 0 Å². The molecule has 2 aromatic carbocycles. The van der Waals surface area contributed by atoms with Gasteiger partial charge in [0.05, 0.1) is 14.2 Å². The summed E-state index contributed by atoms with van der Waals surface area (Å²) in [6.07, 6.45) is 1.04. The number of methoxy groups -OCH3 is 2. The maximum atomic E-state index is 5.39. The Morgan fingerprint density at radius 1 is 1.14 bits per heavy atom. The number of aliphatic imine (C=N–C) groups is 1. The van der Waals surface area contributed by atoms with Crippen molar-refractivity contribution in [2.45, 2.75) is 19.0 Å². The number of hydrogen-bond donors (Lipinski definition) is 2. The van der Waals surface area contributed by atoms with Gasteiger partial charge in [-0.3, -0.25) is 4.99 Å². The minimum Gasteiger partial charge on any atom is -0.497 e. The molecule has 1 saturated heterocycles. The van der Waals surface area contributed by atoms with Gasteiger partial charge in [0.1, 0.15) is 11.5 Å². The standard InChI is InChI=1S/C21H27BrN4O2.HI/c1-23-21(24-13-15-4-6-16(22)7-5-15)25-17-8-9-26(14-17)18-10-19(27-2)12-20(11-18)28-3;/h4-7,10-12,17H,8-9,13-14H2,1-3H3,(H2,23,24,25);1H. The van der Waals surface area contributed by atoms with Crippen LogP contribution in [0.3, 0.4) is 0 Å². The molecule has 0 spiro atoms. The Morgan fingerprint density at radius 3 is 2.38 bits per heavy atom. The van der Waals surface area contributed by atoms with Crippen molar-refractivity contribution in [3.8, 4) is 11.5 Å². The first kappa shape index (κ1) is 23.6. The van der Waals surface area contributed by atoms with Gasteiger partial charge in [0.2, 0.25) is 0 Å². The second-order valence-corrected chi connectivity index (χ2v) is 7.61. The Hall–Kier alpha value is -1.68. The first-order valence-corrected chi connectivity index (χ1v) is 10.1. The fraction of sp³-hybridized carbons (Fsp3) is 0.381. The summed E-state index contributed by atoms with van der Waals surface area (Å²) in [5, 5.41) is 6.92. The van der Waals surface area contributed by atoms with Crippen molar-refractivity contribution in [3.63, 3.8) is 0 Å². The van der Waals surface area contributed by atoms with Crippen LogP contribution in [0.5, 0.6) is 11.5 Å². The van der Waals surface area contributed by atoms with E-state index in [0.717, 1.165) is 53.7 Å². The highest BCUT2D eigenvalue weighted by Crippen LogP contribution is 2.30. The molecule has 1 unspecified atom stereocenters. The number of halogens is 2. The molecular formula is C21H28BrIN4O2. The fourth-order valence-corrected chi connectivity index (χ4v) is 3.53. The zero-order valence-electron chi connectivity index (χ0n) is 16.9. The van der Waals surface area contributed by atoms with Gasteiger partial charge in [0, 0.05) is 61.1 Å². The first-order valence-electron chi connectivity index (χ1n) is 9.31.